The summed E-state index contributed by atoms with van der Waals surface area (Å²) in [6.07, 6.45) is 2.83. The SMILES string of the molecule is CC(C)CCOc1ccccc1/C=C1/SC(=S)NC1=O. The smallest absolute Gasteiger partial charge is 0.263 e. The van der Waals surface area contributed by atoms with Crippen molar-refractivity contribution in [1.82, 2.24) is 5.32 Å². The summed E-state index contributed by atoms with van der Waals surface area (Å²) in [5, 5.41) is 2.61. The molecule has 1 N–H and O–H groups in total. The fourth-order valence-corrected chi connectivity index (χ4v) is 2.73. The number of nitrogens with one attached hydrogen (secondary N) is 1. The van der Waals surface area contributed by atoms with Crippen molar-refractivity contribution in [1.29, 1.82) is 0 Å². The van der Waals surface area contributed by atoms with Crippen molar-refractivity contribution in [2.45, 2.75) is 20.3 Å². The molecule has 2 rings (SSSR count). The van der Waals surface area contributed by atoms with E-state index in [4.69, 9.17) is 17.0 Å². The first-order valence-corrected chi connectivity index (χ1v) is 7.75. The van der Waals surface area contributed by atoms with Gasteiger partial charge < -0.3 is 10.1 Å². The molecule has 1 aliphatic rings. The Bertz CT molecular complexity index is 553. The summed E-state index contributed by atoms with van der Waals surface area (Å²) in [5.74, 6) is 1.26. The number of rotatable bonds is 5. The number of amides is 1. The van der Waals surface area contributed by atoms with Crippen LogP contribution in [0.15, 0.2) is 29.2 Å². The molecule has 1 heterocycles. The molecule has 106 valence electrons. The molecule has 0 radical (unpaired) electrons. The zero-order valence-corrected chi connectivity index (χ0v) is 13.1. The summed E-state index contributed by atoms with van der Waals surface area (Å²) < 4.78 is 6.30. The van der Waals surface area contributed by atoms with Crippen LogP contribution in [0.5, 0.6) is 5.75 Å². The highest BCUT2D eigenvalue weighted by molar-refractivity contribution is 8.26. The van der Waals surface area contributed by atoms with Crippen LogP contribution in [-0.4, -0.2) is 16.8 Å². The van der Waals surface area contributed by atoms with Gasteiger partial charge in [0, 0.05) is 5.56 Å². The summed E-state index contributed by atoms with van der Waals surface area (Å²) in [5.41, 5.74) is 0.901. The van der Waals surface area contributed by atoms with Crippen LogP contribution >= 0.6 is 24.0 Å². The lowest BCUT2D eigenvalue weighted by molar-refractivity contribution is -0.115. The van der Waals surface area contributed by atoms with E-state index in [1.807, 2.05) is 30.3 Å². The summed E-state index contributed by atoms with van der Waals surface area (Å²) in [6, 6.07) is 7.71. The molecule has 0 atom stereocenters. The summed E-state index contributed by atoms with van der Waals surface area (Å²) in [4.78, 5) is 12.3. The summed E-state index contributed by atoms with van der Waals surface area (Å²) in [6.45, 7) is 5.00. The van der Waals surface area contributed by atoms with E-state index in [0.717, 1.165) is 17.7 Å². The average molecular weight is 307 g/mol. The molecule has 0 aliphatic carbocycles. The first-order valence-electron chi connectivity index (χ1n) is 6.53. The van der Waals surface area contributed by atoms with Crippen molar-refractivity contribution in [3.8, 4) is 5.75 Å². The number of ether oxygens (including phenoxy) is 1. The molecule has 0 unspecified atom stereocenters. The van der Waals surface area contributed by atoms with Gasteiger partial charge in [-0.3, -0.25) is 4.79 Å². The number of para-hydroxylation sites is 1. The van der Waals surface area contributed by atoms with Gasteiger partial charge in [-0.2, -0.15) is 0 Å². The molecule has 0 spiro atoms. The molecule has 3 nitrogen and oxygen atoms in total. The fraction of sp³-hybridized carbons (Fsp3) is 0.333. The number of carbonyl (C=O) groups excluding carboxylic acids is 1. The maximum atomic E-state index is 11.7. The van der Waals surface area contributed by atoms with Crippen LogP contribution in [0.4, 0.5) is 0 Å². The van der Waals surface area contributed by atoms with Crippen molar-refractivity contribution >= 4 is 40.3 Å². The highest BCUT2D eigenvalue weighted by Gasteiger charge is 2.22. The van der Waals surface area contributed by atoms with E-state index in [0.29, 0.717) is 21.8 Å². The lowest BCUT2D eigenvalue weighted by atomic mass is 10.1. The molecule has 1 saturated heterocycles. The number of hydrogen-bond donors (Lipinski definition) is 1. The Morgan fingerprint density at radius 2 is 2.15 bits per heavy atom. The van der Waals surface area contributed by atoms with Gasteiger partial charge in [-0.15, -0.1) is 0 Å². The Hall–Kier alpha value is -1.33. The van der Waals surface area contributed by atoms with Gasteiger partial charge in [-0.1, -0.05) is 56.0 Å². The third kappa shape index (κ3) is 4.08. The van der Waals surface area contributed by atoms with E-state index in [1.165, 1.54) is 11.8 Å². The number of carbonyl (C=O) groups is 1. The summed E-state index contributed by atoms with van der Waals surface area (Å²) in [7, 11) is 0. The second-order valence-electron chi connectivity index (χ2n) is 4.92. The number of hydrogen-bond acceptors (Lipinski definition) is 4. The zero-order chi connectivity index (χ0) is 14.5. The van der Waals surface area contributed by atoms with E-state index in [1.54, 1.807) is 0 Å². The topological polar surface area (TPSA) is 38.3 Å². The lowest BCUT2D eigenvalue weighted by Gasteiger charge is -2.10. The lowest BCUT2D eigenvalue weighted by Crippen LogP contribution is -2.17. The molecular weight excluding hydrogens is 290 g/mol. The quantitative estimate of drug-likeness (QED) is 0.666. The van der Waals surface area contributed by atoms with Crippen molar-refractivity contribution in [2.24, 2.45) is 5.92 Å². The van der Waals surface area contributed by atoms with Crippen LogP contribution < -0.4 is 10.1 Å². The van der Waals surface area contributed by atoms with Gasteiger partial charge in [0.15, 0.2) is 0 Å². The van der Waals surface area contributed by atoms with E-state index in [2.05, 4.69) is 19.2 Å². The maximum Gasteiger partial charge on any atom is 0.263 e. The third-order valence-electron chi connectivity index (χ3n) is 2.80. The third-order valence-corrected chi connectivity index (χ3v) is 3.96. The molecule has 5 heteroatoms. The standard InChI is InChI=1S/C15H17NO2S2/c1-10(2)7-8-18-12-6-4-3-5-11(12)9-13-14(17)16-15(19)20-13/h3-6,9-10H,7-8H2,1-2H3,(H,16,17,19)/b13-9+. The van der Waals surface area contributed by atoms with E-state index < -0.39 is 0 Å². The van der Waals surface area contributed by atoms with Crippen LogP contribution in [0.1, 0.15) is 25.8 Å². The zero-order valence-electron chi connectivity index (χ0n) is 11.5. The molecule has 1 fully saturated rings. The number of benzene rings is 1. The van der Waals surface area contributed by atoms with Gasteiger partial charge >= 0.3 is 0 Å². The largest absolute Gasteiger partial charge is 0.493 e. The number of thiocarbonyl (C=S) groups is 1. The van der Waals surface area contributed by atoms with Gasteiger partial charge in [-0.25, -0.2) is 0 Å². The Morgan fingerprint density at radius 3 is 2.80 bits per heavy atom. The highest BCUT2D eigenvalue weighted by Crippen LogP contribution is 2.29. The van der Waals surface area contributed by atoms with Gasteiger partial charge in [0.1, 0.15) is 10.1 Å². The molecule has 0 bridgehead atoms. The van der Waals surface area contributed by atoms with Gasteiger partial charge in [0.25, 0.3) is 5.91 Å². The molecule has 1 aliphatic heterocycles. The van der Waals surface area contributed by atoms with E-state index in [-0.39, 0.29) is 5.91 Å². The first-order chi connectivity index (χ1) is 9.56. The minimum atomic E-state index is -0.142. The van der Waals surface area contributed by atoms with Crippen molar-refractivity contribution in [2.75, 3.05) is 6.61 Å². The second kappa shape index (κ2) is 6.90. The maximum absolute atomic E-state index is 11.7. The van der Waals surface area contributed by atoms with Crippen molar-refractivity contribution in [3.63, 3.8) is 0 Å². The van der Waals surface area contributed by atoms with Gasteiger partial charge in [0.05, 0.1) is 11.5 Å². The van der Waals surface area contributed by atoms with Crippen LogP contribution in [0.3, 0.4) is 0 Å². The predicted molar refractivity (Wildman–Crippen MR) is 87.7 cm³/mol. The van der Waals surface area contributed by atoms with Gasteiger partial charge in [0.2, 0.25) is 0 Å². The molecule has 20 heavy (non-hydrogen) atoms. The van der Waals surface area contributed by atoms with Crippen molar-refractivity contribution < 1.29 is 9.53 Å². The molecule has 0 aromatic heterocycles. The van der Waals surface area contributed by atoms with E-state index in [9.17, 15) is 4.79 Å². The molecule has 1 aromatic carbocycles. The minimum absolute atomic E-state index is 0.142. The van der Waals surface area contributed by atoms with Crippen LogP contribution in [-0.2, 0) is 4.79 Å². The molecule has 1 amide bonds. The van der Waals surface area contributed by atoms with Crippen LogP contribution in [0.25, 0.3) is 6.08 Å². The van der Waals surface area contributed by atoms with E-state index >= 15 is 0 Å². The normalized spacial score (nSPS) is 16.9. The summed E-state index contributed by atoms with van der Waals surface area (Å²) >= 11 is 6.26. The fourth-order valence-electron chi connectivity index (χ4n) is 1.70. The van der Waals surface area contributed by atoms with Crippen LogP contribution in [0.2, 0.25) is 0 Å². The molecule has 1 aromatic rings. The molecule has 0 saturated carbocycles. The highest BCUT2D eigenvalue weighted by atomic mass is 32.2. The average Bonchev–Trinajstić information content (AvgIpc) is 2.69. The number of thioether (sulfide) groups is 1. The second-order valence-corrected chi connectivity index (χ2v) is 6.64. The molecular formula is C15H17NO2S2. The Kier molecular flexibility index (Phi) is 5.20. The Labute approximate surface area is 128 Å². The first kappa shape index (κ1) is 15.1. The Morgan fingerprint density at radius 1 is 1.40 bits per heavy atom. The monoisotopic (exact) mass is 307 g/mol. The van der Waals surface area contributed by atoms with Crippen LogP contribution in [0, 0.1) is 5.92 Å². The van der Waals surface area contributed by atoms with Crippen molar-refractivity contribution in [3.05, 3.63) is 34.7 Å². The van der Waals surface area contributed by atoms with Gasteiger partial charge in [-0.05, 0) is 24.5 Å². The predicted octanol–water partition coefficient (Wildman–Crippen LogP) is 3.60. The Balaban J connectivity index is 2.13. The minimum Gasteiger partial charge on any atom is -0.493 e.